The molecule has 30 heavy (non-hydrogen) atoms. The van der Waals surface area contributed by atoms with E-state index in [1.54, 1.807) is 0 Å². The summed E-state index contributed by atoms with van der Waals surface area (Å²) in [6, 6.07) is 0. The monoisotopic (exact) mass is 426 g/mol. The number of carbonyl (C=O) groups is 2. The number of hydrogen-bond donors (Lipinski definition) is 2. The van der Waals surface area contributed by atoms with Crippen molar-refractivity contribution in [3.63, 3.8) is 0 Å². The highest BCUT2D eigenvalue weighted by Crippen LogP contribution is 2.20. The summed E-state index contributed by atoms with van der Waals surface area (Å²) in [4.78, 5) is 23.6. The number of likely N-dealkylation sites (N-methyl/N-ethyl adjacent to an activating group) is 1. The summed E-state index contributed by atoms with van der Waals surface area (Å²) in [7, 11) is 5.55. The number of hydrogen-bond acceptors (Lipinski definition) is 3. The molecule has 0 spiro atoms. The normalized spacial score (nSPS) is 14.2. The van der Waals surface area contributed by atoms with Crippen molar-refractivity contribution in [3.05, 3.63) is 12.2 Å². The molecule has 0 aromatic carbocycles. The van der Waals surface area contributed by atoms with Gasteiger partial charge in [-0.15, -0.1) is 0 Å². The van der Waals surface area contributed by atoms with E-state index in [-0.39, 0.29) is 18.7 Å². The second-order valence-corrected chi connectivity index (χ2v) is 9.81. The molecule has 0 bridgehead atoms. The first-order chi connectivity index (χ1) is 14.1. The lowest BCUT2D eigenvalue weighted by Gasteiger charge is -2.33. The van der Waals surface area contributed by atoms with Crippen LogP contribution in [0.15, 0.2) is 12.2 Å². The minimum atomic E-state index is -1.77. The maximum Gasteiger partial charge on any atom is 0.306 e. The molecule has 0 aliphatic heterocycles. The summed E-state index contributed by atoms with van der Waals surface area (Å²) in [6.45, 7) is 2.34. The van der Waals surface area contributed by atoms with Gasteiger partial charge in [0.05, 0.1) is 27.6 Å². The minimum absolute atomic E-state index is 0.118. The average molecular weight is 427 g/mol. The largest absolute Gasteiger partial charge is 0.481 e. The van der Waals surface area contributed by atoms with E-state index in [4.69, 9.17) is 5.11 Å². The number of carboxylic acids is 1. The van der Waals surface area contributed by atoms with Crippen LogP contribution < -0.4 is 0 Å². The molecule has 0 aliphatic rings. The molecule has 1 atom stereocenters. The first-order valence-corrected chi connectivity index (χ1v) is 12.0. The number of aliphatic carboxylic acids is 1. The molecule has 2 N–H and O–H groups in total. The van der Waals surface area contributed by atoms with E-state index in [0.717, 1.165) is 19.3 Å². The smallest absolute Gasteiger partial charge is 0.306 e. The number of allylic oxidation sites excluding steroid dienone is 2. The first kappa shape index (κ1) is 28.8. The number of unbranched alkanes of at least 4 members (excludes halogenated alkanes) is 11. The van der Waals surface area contributed by atoms with Crippen LogP contribution in [0.3, 0.4) is 0 Å². The number of carboxylic acid groups (broad SMARTS) is 1. The van der Waals surface area contributed by atoms with Gasteiger partial charge in [-0.2, -0.15) is 0 Å². The van der Waals surface area contributed by atoms with Gasteiger partial charge in [-0.25, -0.2) is 0 Å². The molecule has 0 saturated carbocycles. The van der Waals surface area contributed by atoms with Gasteiger partial charge < -0.3 is 14.7 Å². The third-order valence-electron chi connectivity index (χ3n) is 5.36. The SMILES string of the molecule is CCCC/C=C\CCCCCCCCCCCC(=O)C(O)(CC(=O)O)C[N+](C)(C)C. The van der Waals surface area contributed by atoms with E-state index in [0.29, 0.717) is 4.48 Å². The van der Waals surface area contributed by atoms with Crippen LogP contribution in [0.4, 0.5) is 0 Å². The highest BCUT2D eigenvalue weighted by Gasteiger charge is 2.42. The number of carbonyl (C=O) groups excluding carboxylic acids is 1. The molecule has 1 unspecified atom stereocenters. The lowest BCUT2D eigenvalue weighted by Crippen LogP contribution is -2.54. The maximum atomic E-state index is 12.5. The lowest BCUT2D eigenvalue weighted by atomic mass is 9.89. The summed E-state index contributed by atoms with van der Waals surface area (Å²) in [5.41, 5.74) is -1.77. The van der Waals surface area contributed by atoms with Crippen molar-refractivity contribution in [1.29, 1.82) is 0 Å². The van der Waals surface area contributed by atoms with Crippen LogP contribution in [-0.4, -0.2) is 59.7 Å². The predicted octanol–water partition coefficient (Wildman–Crippen LogP) is 5.51. The van der Waals surface area contributed by atoms with Gasteiger partial charge in [0.1, 0.15) is 6.54 Å². The molecule has 0 fully saturated rings. The molecule has 0 heterocycles. The number of quaternary nitrogens is 1. The van der Waals surface area contributed by atoms with Crippen molar-refractivity contribution < 1.29 is 24.3 Å². The van der Waals surface area contributed by atoms with Gasteiger partial charge in [-0.1, -0.05) is 76.9 Å². The Morgan fingerprint density at radius 2 is 1.27 bits per heavy atom. The molecule has 0 aromatic rings. The van der Waals surface area contributed by atoms with Gasteiger partial charge in [0, 0.05) is 6.42 Å². The van der Waals surface area contributed by atoms with Gasteiger partial charge in [0.25, 0.3) is 0 Å². The highest BCUT2D eigenvalue weighted by atomic mass is 16.4. The number of Topliss-reactive ketones (excluding diaryl/α,β-unsaturated/α-hetero) is 1. The van der Waals surface area contributed by atoms with Crippen molar-refractivity contribution in [3.8, 4) is 0 Å². The summed E-state index contributed by atoms with van der Waals surface area (Å²) >= 11 is 0. The predicted molar refractivity (Wildman–Crippen MR) is 125 cm³/mol. The number of ketones is 1. The number of nitrogens with zero attached hydrogens (tertiary/aromatic N) is 1. The highest BCUT2D eigenvalue weighted by molar-refractivity contribution is 5.90. The molecule has 5 nitrogen and oxygen atoms in total. The Bertz CT molecular complexity index is 496. The number of rotatable bonds is 20. The van der Waals surface area contributed by atoms with Gasteiger partial charge in [0.2, 0.25) is 0 Å². The van der Waals surface area contributed by atoms with Crippen molar-refractivity contribution >= 4 is 11.8 Å². The van der Waals surface area contributed by atoms with Crippen molar-refractivity contribution in [1.82, 2.24) is 0 Å². The quantitative estimate of drug-likeness (QED) is 0.153. The summed E-state index contributed by atoms with van der Waals surface area (Å²) in [6.07, 6.45) is 19.8. The Hall–Kier alpha value is -1.20. The molecule has 0 aromatic heterocycles. The molecular weight excluding hydrogens is 378 g/mol. The zero-order valence-electron chi connectivity index (χ0n) is 20.1. The molecule has 0 saturated heterocycles. The van der Waals surface area contributed by atoms with Crippen molar-refractivity contribution in [2.24, 2.45) is 0 Å². The first-order valence-electron chi connectivity index (χ1n) is 12.0. The van der Waals surface area contributed by atoms with E-state index in [9.17, 15) is 14.7 Å². The average Bonchev–Trinajstić information content (AvgIpc) is 2.62. The fraction of sp³-hybridized carbons (Fsp3) is 0.840. The van der Waals surface area contributed by atoms with Crippen LogP contribution in [0.2, 0.25) is 0 Å². The molecule has 0 radical (unpaired) electrons. The summed E-state index contributed by atoms with van der Waals surface area (Å²) < 4.78 is 0.352. The van der Waals surface area contributed by atoms with E-state index < -0.39 is 18.0 Å². The number of aliphatic hydroxyl groups is 1. The van der Waals surface area contributed by atoms with Gasteiger partial charge in [-0.3, -0.25) is 9.59 Å². The Morgan fingerprint density at radius 1 is 0.800 bits per heavy atom. The van der Waals surface area contributed by atoms with Crippen LogP contribution in [0.5, 0.6) is 0 Å². The van der Waals surface area contributed by atoms with E-state index in [2.05, 4.69) is 19.1 Å². The van der Waals surface area contributed by atoms with Crippen LogP contribution >= 0.6 is 0 Å². The van der Waals surface area contributed by atoms with Crippen molar-refractivity contribution in [2.75, 3.05) is 27.7 Å². The van der Waals surface area contributed by atoms with E-state index >= 15 is 0 Å². The third kappa shape index (κ3) is 16.6. The standard InChI is InChI=1S/C25H47NO4/c1-5-6-7-8-9-10-11-12-13-14-15-16-17-18-19-20-23(27)25(30,21-24(28)29)22-26(2,3)4/h8-9,30H,5-7,10-22H2,1-4H3/p+1/b9-8-. The molecule has 0 rings (SSSR count). The second kappa shape index (κ2) is 16.5. The van der Waals surface area contributed by atoms with Crippen LogP contribution in [0, 0.1) is 0 Å². The minimum Gasteiger partial charge on any atom is -0.481 e. The lowest BCUT2D eigenvalue weighted by molar-refractivity contribution is -0.875. The topological polar surface area (TPSA) is 74.6 Å². The second-order valence-electron chi connectivity index (χ2n) is 9.81. The molecule has 0 aliphatic carbocycles. The van der Waals surface area contributed by atoms with Crippen LogP contribution in [-0.2, 0) is 9.59 Å². The van der Waals surface area contributed by atoms with Gasteiger partial charge >= 0.3 is 5.97 Å². The van der Waals surface area contributed by atoms with Crippen molar-refractivity contribution in [2.45, 2.75) is 109 Å². The van der Waals surface area contributed by atoms with Crippen LogP contribution in [0.1, 0.15) is 103 Å². The summed E-state index contributed by atoms with van der Waals surface area (Å²) in [5, 5.41) is 19.7. The van der Waals surface area contributed by atoms with E-state index in [1.807, 2.05) is 21.1 Å². The molecule has 176 valence electrons. The maximum absolute atomic E-state index is 12.5. The Balaban J connectivity index is 3.80. The Morgan fingerprint density at radius 3 is 1.73 bits per heavy atom. The zero-order valence-corrected chi connectivity index (χ0v) is 20.1. The fourth-order valence-electron chi connectivity index (χ4n) is 3.85. The molecule has 0 amide bonds. The van der Waals surface area contributed by atoms with Gasteiger partial charge in [-0.05, 0) is 25.7 Å². The summed E-state index contributed by atoms with van der Waals surface area (Å²) in [5.74, 6) is -1.46. The fourth-order valence-corrected chi connectivity index (χ4v) is 3.85. The van der Waals surface area contributed by atoms with E-state index in [1.165, 1.54) is 64.2 Å². The third-order valence-corrected chi connectivity index (χ3v) is 5.36. The Kier molecular flexibility index (Phi) is 15.8. The van der Waals surface area contributed by atoms with Gasteiger partial charge in [0.15, 0.2) is 11.4 Å². The molecular formula is C25H48NO4+. The Labute approximate surface area is 185 Å². The van der Waals surface area contributed by atoms with Crippen LogP contribution in [0.25, 0.3) is 0 Å². The zero-order chi connectivity index (χ0) is 22.9. The molecule has 5 heteroatoms.